The monoisotopic (exact) mass is 180 g/mol. The predicted molar refractivity (Wildman–Crippen MR) is 44.8 cm³/mol. The Labute approximate surface area is 73.3 Å². The molecule has 0 bridgehead atoms. The highest BCUT2D eigenvalue weighted by molar-refractivity contribution is 5.51. The molecule has 0 unspecified atom stereocenters. The normalized spacial score (nSPS) is 10.5. The maximum atomic E-state index is 5.54. The van der Waals surface area contributed by atoms with Gasteiger partial charge in [0.2, 0.25) is 11.8 Å². The van der Waals surface area contributed by atoms with Crippen LogP contribution in [0.1, 0.15) is 5.69 Å². The molecule has 4 N–H and O–H groups in total. The zero-order valence-electron chi connectivity index (χ0n) is 6.93. The quantitative estimate of drug-likeness (QED) is 0.574. The molecule has 2 aromatic heterocycles. The van der Waals surface area contributed by atoms with Crippen LogP contribution in [0.5, 0.6) is 0 Å². The van der Waals surface area contributed by atoms with Crippen molar-refractivity contribution in [2.24, 2.45) is 0 Å². The standard InChI is InChI=1S/C6H8N6O/c1-3-4(13-2-9-3)5-10-11-6(7)12(5)8/h2H,8H2,1H3,(H2,7,11). The van der Waals surface area contributed by atoms with Gasteiger partial charge < -0.3 is 16.0 Å². The number of hydrogen-bond acceptors (Lipinski definition) is 6. The molecule has 0 saturated carbocycles. The first-order valence-corrected chi connectivity index (χ1v) is 3.56. The summed E-state index contributed by atoms with van der Waals surface area (Å²) in [6.07, 6.45) is 1.32. The van der Waals surface area contributed by atoms with E-state index in [0.717, 1.165) is 4.68 Å². The van der Waals surface area contributed by atoms with Crippen LogP contribution in [0.4, 0.5) is 5.95 Å². The molecule has 68 valence electrons. The van der Waals surface area contributed by atoms with Crippen LogP contribution < -0.4 is 11.6 Å². The molecule has 0 aliphatic heterocycles. The lowest BCUT2D eigenvalue weighted by Crippen LogP contribution is -2.13. The van der Waals surface area contributed by atoms with Crippen molar-refractivity contribution in [1.29, 1.82) is 0 Å². The molecular weight excluding hydrogens is 172 g/mol. The van der Waals surface area contributed by atoms with E-state index in [1.54, 1.807) is 6.92 Å². The average molecular weight is 180 g/mol. The third-order valence-electron chi connectivity index (χ3n) is 1.67. The fraction of sp³-hybridized carbons (Fsp3) is 0.167. The molecule has 13 heavy (non-hydrogen) atoms. The van der Waals surface area contributed by atoms with Gasteiger partial charge in [-0.25, -0.2) is 9.66 Å². The number of nitrogen functional groups attached to an aromatic ring is 2. The van der Waals surface area contributed by atoms with E-state index < -0.39 is 0 Å². The van der Waals surface area contributed by atoms with E-state index in [1.807, 2.05) is 0 Å². The summed E-state index contributed by atoms with van der Waals surface area (Å²) in [4.78, 5) is 3.90. The average Bonchev–Trinajstić information content (AvgIpc) is 2.62. The summed E-state index contributed by atoms with van der Waals surface area (Å²) in [5.74, 6) is 6.52. The van der Waals surface area contributed by atoms with Crippen molar-refractivity contribution in [3.63, 3.8) is 0 Å². The number of aryl methyl sites for hydroxylation is 1. The Hall–Kier alpha value is -2.05. The first-order valence-electron chi connectivity index (χ1n) is 3.56. The van der Waals surface area contributed by atoms with Gasteiger partial charge in [0.1, 0.15) is 0 Å². The van der Waals surface area contributed by atoms with Crippen LogP contribution in [0.25, 0.3) is 11.6 Å². The van der Waals surface area contributed by atoms with Crippen molar-refractivity contribution in [3.8, 4) is 11.6 Å². The third kappa shape index (κ3) is 1.01. The van der Waals surface area contributed by atoms with Gasteiger partial charge in [-0.05, 0) is 6.92 Å². The molecule has 7 heteroatoms. The minimum Gasteiger partial charge on any atom is -0.440 e. The number of anilines is 1. The molecule has 2 rings (SSSR count). The maximum absolute atomic E-state index is 5.54. The van der Waals surface area contributed by atoms with E-state index in [1.165, 1.54) is 6.39 Å². The molecule has 0 atom stereocenters. The lowest BCUT2D eigenvalue weighted by Gasteiger charge is -1.96. The second kappa shape index (κ2) is 2.47. The van der Waals surface area contributed by atoms with E-state index in [-0.39, 0.29) is 5.95 Å². The zero-order chi connectivity index (χ0) is 9.42. The second-order valence-corrected chi connectivity index (χ2v) is 2.52. The van der Waals surface area contributed by atoms with Gasteiger partial charge in [0.25, 0.3) is 0 Å². The summed E-state index contributed by atoms with van der Waals surface area (Å²) < 4.78 is 6.22. The molecule has 7 nitrogen and oxygen atoms in total. The smallest absolute Gasteiger partial charge is 0.241 e. The van der Waals surface area contributed by atoms with E-state index >= 15 is 0 Å². The first kappa shape index (κ1) is 7.59. The number of rotatable bonds is 1. The molecule has 0 amide bonds. The Bertz CT molecular complexity index is 430. The molecular formula is C6H8N6O. The van der Waals surface area contributed by atoms with Gasteiger partial charge >= 0.3 is 0 Å². The molecule has 0 fully saturated rings. The van der Waals surface area contributed by atoms with Crippen LogP contribution in [0.15, 0.2) is 10.8 Å². The van der Waals surface area contributed by atoms with Crippen molar-refractivity contribution < 1.29 is 4.42 Å². The van der Waals surface area contributed by atoms with Crippen LogP contribution in [0.2, 0.25) is 0 Å². The van der Waals surface area contributed by atoms with Crippen LogP contribution in [-0.2, 0) is 0 Å². The zero-order valence-corrected chi connectivity index (χ0v) is 6.93. The van der Waals surface area contributed by atoms with Gasteiger partial charge in [0.05, 0.1) is 5.69 Å². The number of nitrogens with zero attached hydrogens (tertiary/aromatic N) is 4. The molecule has 2 heterocycles. The highest BCUT2D eigenvalue weighted by Gasteiger charge is 2.15. The number of aromatic nitrogens is 4. The molecule has 0 spiro atoms. The highest BCUT2D eigenvalue weighted by Crippen LogP contribution is 2.19. The van der Waals surface area contributed by atoms with Crippen molar-refractivity contribution >= 4 is 5.95 Å². The maximum Gasteiger partial charge on any atom is 0.241 e. The second-order valence-electron chi connectivity index (χ2n) is 2.52. The topological polar surface area (TPSA) is 109 Å². The lowest BCUT2D eigenvalue weighted by atomic mass is 10.3. The first-order chi connectivity index (χ1) is 6.20. The summed E-state index contributed by atoms with van der Waals surface area (Å²) >= 11 is 0. The summed E-state index contributed by atoms with van der Waals surface area (Å²) in [5.41, 5.74) is 6.09. The van der Waals surface area contributed by atoms with Crippen molar-refractivity contribution in [1.82, 2.24) is 19.9 Å². The SMILES string of the molecule is Cc1ncoc1-c1nnc(N)n1N. The van der Waals surface area contributed by atoms with Gasteiger partial charge in [0.15, 0.2) is 12.2 Å². The van der Waals surface area contributed by atoms with Gasteiger partial charge in [-0.3, -0.25) is 0 Å². The largest absolute Gasteiger partial charge is 0.440 e. The van der Waals surface area contributed by atoms with Crippen LogP contribution in [0, 0.1) is 6.92 Å². The van der Waals surface area contributed by atoms with Crippen LogP contribution in [-0.4, -0.2) is 19.9 Å². The van der Waals surface area contributed by atoms with Crippen LogP contribution in [0.3, 0.4) is 0 Å². The minimum absolute atomic E-state index is 0.130. The van der Waals surface area contributed by atoms with Gasteiger partial charge in [-0.1, -0.05) is 0 Å². The fourth-order valence-electron chi connectivity index (χ4n) is 0.975. The van der Waals surface area contributed by atoms with Crippen LogP contribution >= 0.6 is 0 Å². The Balaban J connectivity index is 2.59. The minimum atomic E-state index is 0.130. The predicted octanol–water partition coefficient (Wildman–Crippen LogP) is -0.462. The lowest BCUT2D eigenvalue weighted by molar-refractivity contribution is 0.564. The molecule has 0 saturated heterocycles. The third-order valence-corrected chi connectivity index (χ3v) is 1.67. The molecule has 2 aromatic rings. The summed E-state index contributed by atoms with van der Waals surface area (Å²) in [6, 6.07) is 0. The summed E-state index contributed by atoms with van der Waals surface area (Å²) in [6.45, 7) is 1.78. The Morgan fingerprint density at radius 2 is 2.23 bits per heavy atom. The van der Waals surface area contributed by atoms with Crippen molar-refractivity contribution in [2.75, 3.05) is 11.6 Å². The van der Waals surface area contributed by atoms with Gasteiger partial charge in [-0.15, -0.1) is 10.2 Å². The summed E-state index contributed by atoms with van der Waals surface area (Å²) in [7, 11) is 0. The number of oxazole rings is 1. The Kier molecular flexibility index (Phi) is 1.44. The fourth-order valence-corrected chi connectivity index (χ4v) is 0.975. The summed E-state index contributed by atoms with van der Waals surface area (Å²) in [5, 5.41) is 7.34. The molecule has 0 aliphatic carbocycles. The number of nitrogens with two attached hydrogens (primary N) is 2. The van der Waals surface area contributed by atoms with Crippen molar-refractivity contribution in [2.45, 2.75) is 6.92 Å². The molecule has 0 aliphatic rings. The van der Waals surface area contributed by atoms with E-state index in [4.69, 9.17) is 16.0 Å². The van der Waals surface area contributed by atoms with E-state index in [0.29, 0.717) is 17.3 Å². The van der Waals surface area contributed by atoms with Gasteiger partial charge in [-0.2, -0.15) is 0 Å². The van der Waals surface area contributed by atoms with E-state index in [9.17, 15) is 0 Å². The molecule has 0 aromatic carbocycles. The Morgan fingerprint density at radius 1 is 1.46 bits per heavy atom. The van der Waals surface area contributed by atoms with E-state index in [2.05, 4.69) is 15.2 Å². The molecule has 0 radical (unpaired) electrons. The van der Waals surface area contributed by atoms with Crippen molar-refractivity contribution in [3.05, 3.63) is 12.1 Å². The van der Waals surface area contributed by atoms with Gasteiger partial charge in [0, 0.05) is 0 Å². The number of hydrogen-bond donors (Lipinski definition) is 2. The Morgan fingerprint density at radius 3 is 2.69 bits per heavy atom. The highest BCUT2D eigenvalue weighted by atomic mass is 16.3.